The van der Waals surface area contributed by atoms with Crippen LogP contribution in [0.3, 0.4) is 0 Å². The number of hydrogen-bond donors (Lipinski definition) is 2. The molecule has 0 spiro atoms. The minimum Gasteiger partial charge on any atom is -0.352 e. The maximum atomic E-state index is 15.5. The maximum absolute atomic E-state index is 15.5. The molecular weight excluding hydrogens is 415 g/mol. The molecule has 1 amide bonds. The highest BCUT2D eigenvalue weighted by atomic mass is 32.2. The van der Waals surface area contributed by atoms with Crippen LogP contribution in [0.25, 0.3) is 0 Å². The number of benzene rings is 2. The second kappa shape index (κ2) is 8.71. The number of halogens is 1. The van der Waals surface area contributed by atoms with Crippen molar-refractivity contribution >= 4 is 15.7 Å². The fraction of sp³-hybridized carbons (Fsp3) is 0.458. The summed E-state index contributed by atoms with van der Waals surface area (Å²) in [6.07, 6.45) is 2.02. The summed E-state index contributed by atoms with van der Waals surface area (Å²) in [4.78, 5) is 12.7. The molecule has 2 aromatic carbocycles. The van der Waals surface area contributed by atoms with Gasteiger partial charge in [-0.2, -0.15) is 0 Å². The van der Waals surface area contributed by atoms with Crippen molar-refractivity contribution in [3.8, 4) is 0 Å². The molecule has 31 heavy (non-hydrogen) atoms. The molecule has 7 heteroatoms. The summed E-state index contributed by atoms with van der Waals surface area (Å²) in [5, 5.41) is 4.10. The predicted molar refractivity (Wildman–Crippen MR) is 118 cm³/mol. The van der Waals surface area contributed by atoms with Crippen molar-refractivity contribution in [3.05, 3.63) is 65.7 Å². The molecule has 1 aliphatic carbocycles. The van der Waals surface area contributed by atoms with Crippen LogP contribution in [0.1, 0.15) is 55.7 Å². The fourth-order valence-corrected chi connectivity index (χ4v) is 6.45. The van der Waals surface area contributed by atoms with E-state index in [9.17, 15) is 13.2 Å². The third-order valence-corrected chi connectivity index (χ3v) is 8.77. The first-order valence-corrected chi connectivity index (χ1v) is 12.4. The second-order valence-corrected chi connectivity index (χ2v) is 11.0. The van der Waals surface area contributed by atoms with Crippen LogP contribution < -0.4 is 10.6 Å². The van der Waals surface area contributed by atoms with Crippen molar-refractivity contribution in [1.82, 2.24) is 10.6 Å². The molecule has 1 saturated heterocycles. The summed E-state index contributed by atoms with van der Waals surface area (Å²) in [7, 11) is -4.08. The highest BCUT2D eigenvalue weighted by Crippen LogP contribution is 2.40. The summed E-state index contributed by atoms with van der Waals surface area (Å²) < 4.78 is 41.3. The number of carbonyl (C=O) groups is 1. The van der Waals surface area contributed by atoms with E-state index in [1.54, 1.807) is 19.1 Å². The molecule has 2 N–H and O–H groups in total. The lowest BCUT2D eigenvalue weighted by Crippen LogP contribution is -2.49. The smallest absolute Gasteiger partial charge is 0.237 e. The van der Waals surface area contributed by atoms with Crippen LogP contribution in [0.15, 0.2) is 59.5 Å². The SMILES string of the molecule is Cc1cccc(S(=O)(=O)[C@]2(F)CC[C@H](NC(=O)[C@@H]3CC[C@H](c4ccccc4)N3)CC2)c1. The van der Waals surface area contributed by atoms with Crippen LogP contribution in [0.2, 0.25) is 0 Å². The monoisotopic (exact) mass is 444 g/mol. The van der Waals surface area contributed by atoms with Crippen molar-refractivity contribution in [2.45, 2.75) is 73.5 Å². The van der Waals surface area contributed by atoms with Gasteiger partial charge in [0.2, 0.25) is 20.7 Å². The van der Waals surface area contributed by atoms with Gasteiger partial charge in [0.25, 0.3) is 0 Å². The summed E-state index contributed by atoms with van der Waals surface area (Å²) in [6, 6.07) is 16.1. The van der Waals surface area contributed by atoms with E-state index in [0.29, 0.717) is 12.8 Å². The van der Waals surface area contributed by atoms with Crippen molar-refractivity contribution in [1.29, 1.82) is 0 Å². The van der Waals surface area contributed by atoms with E-state index in [1.807, 2.05) is 18.2 Å². The normalized spacial score (nSPS) is 28.9. The molecule has 166 valence electrons. The number of alkyl halides is 1. The molecule has 1 aliphatic heterocycles. The minimum absolute atomic E-state index is 0.0274. The molecule has 1 saturated carbocycles. The number of carbonyl (C=O) groups excluding carboxylic acids is 1. The van der Waals surface area contributed by atoms with Gasteiger partial charge in [0.15, 0.2) is 0 Å². The van der Waals surface area contributed by atoms with Gasteiger partial charge in [-0.1, -0.05) is 42.5 Å². The Morgan fingerprint density at radius 3 is 2.42 bits per heavy atom. The van der Waals surface area contributed by atoms with E-state index in [4.69, 9.17) is 0 Å². The number of nitrogens with one attached hydrogen (secondary N) is 2. The third-order valence-electron chi connectivity index (χ3n) is 6.52. The molecule has 2 aromatic rings. The number of sulfone groups is 1. The maximum Gasteiger partial charge on any atom is 0.237 e. The standard InChI is InChI=1S/C24H29FN2O3S/c1-17-6-5-9-20(16-17)31(29,30)24(25)14-12-19(13-15-24)26-23(28)22-11-10-21(27-22)18-7-3-2-4-8-18/h2-9,16,19,21-22,27H,10-15H2,1H3,(H,26,28)/t19-,21-,22+,24+/m1/s1. The minimum atomic E-state index is -4.08. The quantitative estimate of drug-likeness (QED) is 0.731. The van der Waals surface area contributed by atoms with Crippen molar-refractivity contribution in [2.24, 2.45) is 0 Å². The van der Waals surface area contributed by atoms with Gasteiger partial charge in [-0.3, -0.25) is 10.1 Å². The summed E-state index contributed by atoms with van der Waals surface area (Å²) >= 11 is 0. The number of aryl methyl sites for hydroxylation is 1. The van der Waals surface area contributed by atoms with Gasteiger partial charge in [0.05, 0.1) is 10.9 Å². The van der Waals surface area contributed by atoms with Crippen LogP contribution in [-0.2, 0) is 14.6 Å². The first-order chi connectivity index (χ1) is 14.8. The Balaban J connectivity index is 1.33. The van der Waals surface area contributed by atoms with Gasteiger partial charge in [-0.05, 0) is 68.7 Å². The number of amides is 1. The second-order valence-electron chi connectivity index (χ2n) is 8.75. The van der Waals surface area contributed by atoms with Gasteiger partial charge in [0, 0.05) is 12.1 Å². The van der Waals surface area contributed by atoms with E-state index in [1.165, 1.54) is 17.7 Å². The Morgan fingerprint density at radius 2 is 1.74 bits per heavy atom. The lowest BCUT2D eigenvalue weighted by atomic mass is 9.93. The molecular formula is C24H29FN2O3S. The highest BCUT2D eigenvalue weighted by Gasteiger charge is 2.48. The van der Waals surface area contributed by atoms with Crippen LogP contribution >= 0.6 is 0 Å². The summed E-state index contributed by atoms with van der Waals surface area (Å²) in [5.41, 5.74) is 1.95. The largest absolute Gasteiger partial charge is 0.352 e. The average molecular weight is 445 g/mol. The number of rotatable bonds is 5. The van der Waals surface area contributed by atoms with Gasteiger partial charge in [-0.15, -0.1) is 0 Å². The lowest BCUT2D eigenvalue weighted by Gasteiger charge is -2.34. The van der Waals surface area contributed by atoms with Crippen LogP contribution in [0.4, 0.5) is 4.39 Å². The molecule has 4 rings (SSSR count). The van der Waals surface area contributed by atoms with E-state index in [0.717, 1.165) is 18.4 Å². The zero-order valence-electron chi connectivity index (χ0n) is 17.7. The van der Waals surface area contributed by atoms with E-state index in [-0.39, 0.29) is 41.8 Å². The lowest BCUT2D eigenvalue weighted by molar-refractivity contribution is -0.123. The van der Waals surface area contributed by atoms with Crippen LogP contribution in [0.5, 0.6) is 0 Å². The Hall–Kier alpha value is -2.25. The molecule has 0 aromatic heterocycles. The van der Waals surface area contributed by atoms with E-state index in [2.05, 4.69) is 22.8 Å². The molecule has 0 radical (unpaired) electrons. The zero-order valence-corrected chi connectivity index (χ0v) is 18.5. The fourth-order valence-electron chi connectivity index (χ4n) is 4.66. The first-order valence-electron chi connectivity index (χ1n) is 10.9. The Bertz CT molecular complexity index is 1030. The number of hydrogen-bond acceptors (Lipinski definition) is 4. The van der Waals surface area contributed by atoms with Crippen LogP contribution in [0, 0.1) is 6.92 Å². The van der Waals surface area contributed by atoms with Gasteiger partial charge in [-0.25, -0.2) is 12.8 Å². The molecule has 0 unspecified atom stereocenters. The third kappa shape index (κ3) is 4.53. The molecule has 5 nitrogen and oxygen atoms in total. The van der Waals surface area contributed by atoms with Crippen LogP contribution in [-0.4, -0.2) is 31.4 Å². The molecule has 1 heterocycles. The average Bonchev–Trinajstić information content (AvgIpc) is 3.26. The van der Waals surface area contributed by atoms with E-state index >= 15 is 4.39 Å². The van der Waals surface area contributed by atoms with E-state index < -0.39 is 14.8 Å². The van der Waals surface area contributed by atoms with Crippen molar-refractivity contribution in [2.75, 3.05) is 0 Å². The zero-order chi connectivity index (χ0) is 22.1. The topological polar surface area (TPSA) is 75.3 Å². The molecule has 0 bridgehead atoms. The van der Waals surface area contributed by atoms with Crippen molar-refractivity contribution in [3.63, 3.8) is 0 Å². The first kappa shape index (κ1) is 22.0. The molecule has 2 fully saturated rings. The summed E-state index contributed by atoms with van der Waals surface area (Å²) in [6.45, 7) is 1.79. The predicted octanol–water partition coefficient (Wildman–Crippen LogP) is 3.99. The Morgan fingerprint density at radius 1 is 1.03 bits per heavy atom. The van der Waals surface area contributed by atoms with Gasteiger partial charge >= 0.3 is 0 Å². The summed E-state index contributed by atoms with van der Waals surface area (Å²) in [5.74, 6) is -0.0867. The van der Waals surface area contributed by atoms with Gasteiger partial charge < -0.3 is 5.32 Å². The molecule has 2 atom stereocenters. The van der Waals surface area contributed by atoms with Crippen molar-refractivity contribution < 1.29 is 17.6 Å². The Kier molecular flexibility index (Phi) is 6.17. The highest BCUT2D eigenvalue weighted by molar-refractivity contribution is 7.92. The Labute approximate surface area is 183 Å². The molecule has 2 aliphatic rings. The van der Waals surface area contributed by atoms with Gasteiger partial charge in [0.1, 0.15) is 0 Å².